The number of aromatic nitrogens is 1. The number of carbonyl (C=O) groups is 2. The number of fused-ring (bicyclic) bond motifs is 1. The molecule has 0 aliphatic rings. The number of benzene rings is 1. The van der Waals surface area contributed by atoms with Crippen LogP contribution in [0.2, 0.25) is 0 Å². The van der Waals surface area contributed by atoms with Gasteiger partial charge in [-0.25, -0.2) is 0 Å². The second-order valence-electron chi connectivity index (χ2n) is 5.32. The van der Waals surface area contributed by atoms with Gasteiger partial charge in [0.2, 0.25) is 0 Å². The molecule has 25 heavy (non-hydrogen) atoms. The van der Waals surface area contributed by atoms with Crippen LogP contribution in [0.5, 0.6) is 0 Å². The van der Waals surface area contributed by atoms with Crippen LogP contribution in [0.1, 0.15) is 18.4 Å². The molecule has 1 aromatic heterocycles. The van der Waals surface area contributed by atoms with Crippen molar-refractivity contribution >= 4 is 28.8 Å². The first-order valence-electron chi connectivity index (χ1n) is 7.61. The van der Waals surface area contributed by atoms with Crippen molar-refractivity contribution in [2.24, 2.45) is 22.2 Å². The fraction of sp³-hybridized carbons (Fsp3) is 0.312. The average molecular weight is 349 g/mol. The number of nitrogens with zero attached hydrogens (tertiary/aromatic N) is 1. The molecule has 0 spiro atoms. The smallest absolute Gasteiger partial charge is 0.320 e. The van der Waals surface area contributed by atoms with E-state index in [0.717, 1.165) is 16.5 Å². The molecule has 0 bridgehead atoms. The number of carboxylic acid groups (broad SMARTS) is 2. The Morgan fingerprint density at radius 1 is 1.20 bits per heavy atom. The number of aliphatic carboxylic acids is 2. The lowest BCUT2D eigenvalue weighted by Gasteiger charge is -2.03. The molecule has 0 aliphatic heterocycles. The number of guanidine groups is 1. The number of carboxylic acids is 2. The van der Waals surface area contributed by atoms with Crippen LogP contribution in [0, 0.1) is 0 Å². The number of nitrogens with two attached hydrogens (primary N) is 3. The van der Waals surface area contributed by atoms with Crippen molar-refractivity contribution in [3.8, 4) is 0 Å². The fourth-order valence-corrected chi connectivity index (χ4v) is 2.08. The van der Waals surface area contributed by atoms with E-state index in [9.17, 15) is 9.59 Å². The summed E-state index contributed by atoms with van der Waals surface area (Å²) in [5, 5.41) is 18.0. The summed E-state index contributed by atoms with van der Waals surface area (Å²) in [4.78, 5) is 27.4. The number of hydrogen-bond donors (Lipinski definition) is 6. The third-order valence-corrected chi connectivity index (χ3v) is 3.30. The summed E-state index contributed by atoms with van der Waals surface area (Å²) in [6.45, 7) is 0.420. The molecule has 0 amide bonds. The van der Waals surface area contributed by atoms with Crippen molar-refractivity contribution in [2.45, 2.75) is 25.3 Å². The number of H-pyrrole nitrogens is 1. The van der Waals surface area contributed by atoms with Gasteiger partial charge in [0, 0.05) is 23.6 Å². The fourth-order valence-electron chi connectivity index (χ4n) is 2.08. The first-order valence-corrected chi connectivity index (χ1v) is 7.61. The Hall–Kier alpha value is -3.07. The Morgan fingerprint density at radius 2 is 1.88 bits per heavy atom. The summed E-state index contributed by atoms with van der Waals surface area (Å²) >= 11 is 0. The lowest BCUT2D eigenvalue weighted by molar-refractivity contribution is -0.139. The van der Waals surface area contributed by atoms with Gasteiger partial charge in [-0.05, 0) is 24.5 Å². The van der Waals surface area contributed by atoms with E-state index in [4.69, 9.17) is 27.4 Å². The highest BCUT2D eigenvalue weighted by Gasteiger charge is 2.09. The normalized spacial score (nSPS) is 11.2. The van der Waals surface area contributed by atoms with Crippen molar-refractivity contribution in [3.05, 3.63) is 36.0 Å². The van der Waals surface area contributed by atoms with Gasteiger partial charge in [0.05, 0.1) is 6.42 Å². The van der Waals surface area contributed by atoms with Gasteiger partial charge in [-0.15, -0.1) is 0 Å². The van der Waals surface area contributed by atoms with Gasteiger partial charge in [0.25, 0.3) is 0 Å². The van der Waals surface area contributed by atoms with Crippen LogP contribution in [0.4, 0.5) is 0 Å². The van der Waals surface area contributed by atoms with Crippen molar-refractivity contribution in [2.75, 3.05) is 6.54 Å². The molecule has 136 valence electrons. The standard InChI is InChI=1S/C10H9NO2.C6H14N4O2/c12-10(13)5-7-6-11-9-4-2-1-3-8(7)9;7-4(5(11)12)2-1-3-10-6(8)9/h1-4,6,11H,5H2,(H,12,13);4H,1-3,7H2,(H,11,12)(H4,8,9,10)/t;4-/m.0/s1. The predicted octanol–water partition coefficient (Wildman–Crippen LogP) is 0.247. The monoisotopic (exact) mass is 349 g/mol. The van der Waals surface area contributed by atoms with Crippen LogP contribution in [-0.2, 0) is 16.0 Å². The number of hydrogen-bond acceptors (Lipinski definition) is 4. The zero-order valence-electron chi connectivity index (χ0n) is 13.7. The van der Waals surface area contributed by atoms with Crippen LogP contribution in [-0.4, -0.2) is 45.7 Å². The molecule has 0 unspecified atom stereocenters. The quantitative estimate of drug-likeness (QED) is 0.235. The molecule has 9 nitrogen and oxygen atoms in total. The van der Waals surface area contributed by atoms with E-state index >= 15 is 0 Å². The Balaban J connectivity index is 0.000000252. The molecule has 2 rings (SSSR count). The molecular weight excluding hydrogens is 326 g/mol. The van der Waals surface area contributed by atoms with Crippen molar-refractivity contribution in [1.82, 2.24) is 4.98 Å². The molecule has 0 radical (unpaired) electrons. The van der Waals surface area contributed by atoms with Crippen LogP contribution in [0.15, 0.2) is 35.5 Å². The van der Waals surface area contributed by atoms with Gasteiger partial charge in [0.15, 0.2) is 5.96 Å². The van der Waals surface area contributed by atoms with Crippen LogP contribution >= 0.6 is 0 Å². The van der Waals surface area contributed by atoms with E-state index in [0.29, 0.717) is 19.4 Å². The summed E-state index contributed by atoms with van der Waals surface area (Å²) in [5.41, 5.74) is 17.1. The summed E-state index contributed by atoms with van der Waals surface area (Å²) in [6, 6.07) is 6.86. The van der Waals surface area contributed by atoms with Crippen LogP contribution in [0.25, 0.3) is 10.9 Å². The van der Waals surface area contributed by atoms with Gasteiger partial charge < -0.3 is 32.4 Å². The number of rotatable bonds is 7. The van der Waals surface area contributed by atoms with Crippen molar-refractivity contribution < 1.29 is 19.8 Å². The largest absolute Gasteiger partial charge is 0.481 e. The maximum absolute atomic E-state index is 10.5. The van der Waals surface area contributed by atoms with Gasteiger partial charge in [-0.1, -0.05) is 18.2 Å². The highest BCUT2D eigenvalue weighted by Crippen LogP contribution is 2.17. The Bertz CT molecular complexity index is 737. The van der Waals surface area contributed by atoms with E-state index in [1.165, 1.54) is 0 Å². The van der Waals surface area contributed by atoms with E-state index in [1.807, 2.05) is 24.3 Å². The summed E-state index contributed by atoms with van der Waals surface area (Å²) < 4.78 is 0. The first-order chi connectivity index (χ1) is 11.8. The van der Waals surface area contributed by atoms with Gasteiger partial charge in [-0.3, -0.25) is 14.6 Å². The molecule has 0 fully saturated rings. The second-order valence-corrected chi connectivity index (χ2v) is 5.32. The van der Waals surface area contributed by atoms with Gasteiger partial charge in [0.1, 0.15) is 6.04 Å². The van der Waals surface area contributed by atoms with E-state index in [2.05, 4.69) is 9.98 Å². The third kappa shape index (κ3) is 7.36. The maximum Gasteiger partial charge on any atom is 0.320 e. The van der Waals surface area contributed by atoms with Gasteiger partial charge in [-0.2, -0.15) is 0 Å². The van der Waals surface area contributed by atoms with Crippen molar-refractivity contribution in [3.63, 3.8) is 0 Å². The third-order valence-electron chi connectivity index (χ3n) is 3.30. The highest BCUT2D eigenvalue weighted by atomic mass is 16.4. The highest BCUT2D eigenvalue weighted by molar-refractivity contribution is 5.86. The number of nitrogens with one attached hydrogen (secondary N) is 1. The molecule has 1 heterocycles. The minimum atomic E-state index is -1.00. The zero-order chi connectivity index (χ0) is 18.8. The van der Waals surface area contributed by atoms with E-state index in [-0.39, 0.29) is 12.4 Å². The van der Waals surface area contributed by atoms with Crippen LogP contribution in [0.3, 0.4) is 0 Å². The predicted molar refractivity (Wildman–Crippen MR) is 95.2 cm³/mol. The molecule has 0 aliphatic carbocycles. The maximum atomic E-state index is 10.5. The SMILES string of the molecule is NC(N)=NCCC[C@H](N)C(=O)O.O=C(O)Cc1c[nH]c2ccccc12. The summed E-state index contributed by atoms with van der Waals surface area (Å²) in [6.07, 6.45) is 2.78. The number of aliphatic imine (C=N–C) groups is 1. The lowest BCUT2D eigenvalue weighted by Crippen LogP contribution is -2.30. The summed E-state index contributed by atoms with van der Waals surface area (Å²) in [5.74, 6) is -1.79. The molecule has 1 aromatic carbocycles. The molecule has 9 N–H and O–H groups in total. The molecular formula is C16H23N5O4. The lowest BCUT2D eigenvalue weighted by atomic mass is 10.1. The molecule has 9 heteroatoms. The van der Waals surface area contributed by atoms with E-state index < -0.39 is 18.0 Å². The Kier molecular flexibility index (Phi) is 7.94. The van der Waals surface area contributed by atoms with E-state index in [1.54, 1.807) is 6.20 Å². The number of para-hydroxylation sites is 1. The molecule has 1 atom stereocenters. The molecule has 0 saturated carbocycles. The minimum Gasteiger partial charge on any atom is -0.481 e. The molecule has 2 aromatic rings. The zero-order valence-corrected chi connectivity index (χ0v) is 13.7. The first kappa shape index (κ1) is 20.0. The average Bonchev–Trinajstić information content (AvgIpc) is 2.94. The minimum absolute atomic E-state index is 0.0129. The Labute approximate surface area is 144 Å². The Morgan fingerprint density at radius 3 is 2.48 bits per heavy atom. The van der Waals surface area contributed by atoms with Gasteiger partial charge >= 0.3 is 11.9 Å². The van der Waals surface area contributed by atoms with Crippen molar-refractivity contribution in [1.29, 1.82) is 0 Å². The number of aromatic amines is 1. The summed E-state index contributed by atoms with van der Waals surface area (Å²) in [7, 11) is 0. The second kappa shape index (κ2) is 9.93. The molecule has 0 saturated heterocycles. The van der Waals surface area contributed by atoms with Crippen LogP contribution < -0.4 is 17.2 Å². The topological polar surface area (TPSA) is 181 Å².